The maximum Gasteiger partial charge on any atom is 0.266 e. The van der Waals surface area contributed by atoms with Crippen LogP contribution in [0.15, 0.2) is 70.7 Å². The van der Waals surface area contributed by atoms with E-state index in [9.17, 15) is 10.1 Å². The van der Waals surface area contributed by atoms with Gasteiger partial charge in [-0.3, -0.25) is 4.79 Å². The number of anilines is 1. The second kappa shape index (κ2) is 7.86. The highest BCUT2D eigenvalue weighted by Crippen LogP contribution is 2.24. The number of aryl methyl sites for hydroxylation is 1. The SMILES string of the molecule is Cc1ccc(NC(=O)/C(C#N)=C\c2ccc(-c3ccc(C#N)cc3)o2)cc1. The first kappa shape index (κ1) is 17.7. The molecule has 0 aliphatic heterocycles. The van der Waals surface area contributed by atoms with Crippen molar-refractivity contribution in [2.24, 2.45) is 0 Å². The van der Waals surface area contributed by atoms with Crippen molar-refractivity contribution in [2.45, 2.75) is 6.92 Å². The normalized spacial score (nSPS) is 10.7. The molecule has 0 saturated carbocycles. The molecule has 0 aliphatic carbocycles. The number of carbonyl (C=O) groups excluding carboxylic acids is 1. The van der Waals surface area contributed by atoms with Crippen molar-refractivity contribution >= 4 is 17.7 Å². The Morgan fingerprint density at radius 2 is 1.70 bits per heavy atom. The number of amides is 1. The van der Waals surface area contributed by atoms with E-state index in [1.165, 1.54) is 6.08 Å². The van der Waals surface area contributed by atoms with Gasteiger partial charge in [0, 0.05) is 17.3 Å². The van der Waals surface area contributed by atoms with Gasteiger partial charge in [-0.2, -0.15) is 10.5 Å². The molecule has 5 nitrogen and oxygen atoms in total. The fourth-order valence-electron chi connectivity index (χ4n) is 2.42. The molecule has 0 aliphatic rings. The Labute approximate surface area is 156 Å². The summed E-state index contributed by atoms with van der Waals surface area (Å²) in [5.41, 5.74) is 3.00. The summed E-state index contributed by atoms with van der Waals surface area (Å²) in [6.45, 7) is 1.95. The van der Waals surface area contributed by atoms with Gasteiger partial charge in [0.25, 0.3) is 5.91 Å². The lowest BCUT2D eigenvalue weighted by molar-refractivity contribution is -0.112. The number of nitrogens with zero attached hydrogens (tertiary/aromatic N) is 2. The quantitative estimate of drug-likeness (QED) is 0.545. The van der Waals surface area contributed by atoms with Gasteiger partial charge in [0.2, 0.25) is 0 Å². The summed E-state index contributed by atoms with van der Waals surface area (Å²) in [6.07, 6.45) is 1.40. The number of nitrogens with one attached hydrogen (secondary N) is 1. The number of benzene rings is 2. The Morgan fingerprint density at radius 3 is 2.33 bits per heavy atom. The monoisotopic (exact) mass is 353 g/mol. The van der Waals surface area contributed by atoms with Crippen molar-refractivity contribution in [3.05, 3.63) is 83.1 Å². The lowest BCUT2D eigenvalue weighted by Gasteiger charge is -2.04. The van der Waals surface area contributed by atoms with Crippen LogP contribution < -0.4 is 5.32 Å². The van der Waals surface area contributed by atoms with Crippen LogP contribution in [0.4, 0.5) is 5.69 Å². The highest BCUT2D eigenvalue weighted by molar-refractivity contribution is 6.09. The number of rotatable bonds is 4. The molecule has 0 bridgehead atoms. The molecular weight excluding hydrogens is 338 g/mol. The van der Waals surface area contributed by atoms with E-state index in [0.717, 1.165) is 11.1 Å². The topological polar surface area (TPSA) is 89.8 Å². The Bertz CT molecular complexity index is 1080. The molecule has 27 heavy (non-hydrogen) atoms. The van der Waals surface area contributed by atoms with E-state index < -0.39 is 5.91 Å². The van der Waals surface area contributed by atoms with Gasteiger partial charge in [-0.15, -0.1) is 0 Å². The molecule has 3 rings (SSSR count). The molecule has 2 aromatic carbocycles. The van der Waals surface area contributed by atoms with Crippen molar-refractivity contribution in [3.63, 3.8) is 0 Å². The van der Waals surface area contributed by atoms with Crippen LogP contribution in [0.25, 0.3) is 17.4 Å². The van der Waals surface area contributed by atoms with Crippen LogP contribution in [-0.2, 0) is 4.79 Å². The molecule has 5 heteroatoms. The molecular formula is C22H15N3O2. The van der Waals surface area contributed by atoms with Gasteiger partial charge in [-0.1, -0.05) is 17.7 Å². The highest BCUT2D eigenvalue weighted by atomic mass is 16.3. The summed E-state index contributed by atoms with van der Waals surface area (Å²) in [7, 11) is 0. The van der Waals surface area contributed by atoms with E-state index in [0.29, 0.717) is 22.8 Å². The minimum atomic E-state index is -0.502. The van der Waals surface area contributed by atoms with E-state index >= 15 is 0 Å². The lowest BCUT2D eigenvalue weighted by Crippen LogP contribution is -2.13. The lowest BCUT2D eigenvalue weighted by atomic mass is 10.1. The Hall–Kier alpha value is -4.09. The smallest absolute Gasteiger partial charge is 0.266 e. The van der Waals surface area contributed by atoms with E-state index in [1.807, 2.05) is 25.1 Å². The average molecular weight is 353 g/mol. The molecule has 0 radical (unpaired) electrons. The predicted octanol–water partition coefficient (Wildman–Crippen LogP) is 4.67. The molecule has 0 saturated heterocycles. The molecule has 0 unspecified atom stereocenters. The van der Waals surface area contributed by atoms with E-state index in [-0.39, 0.29) is 5.57 Å². The first-order valence-corrected chi connectivity index (χ1v) is 8.19. The Balaban J connectivity index is 1.78. The van der Waals surface area contributed by atoms with Crippen LogP contribution >= 0.6 is 0 Å². The van der Waals surface area contributed by atoms with Gasteiger partial charge in [-0.05, 0) is 55.5 Å². The van der Waals surface area contributed by atoms with E-state index in [1.54, 1.807) is 48.5 Å². The minimum Gasteiger partial charge on any atom is -0.457 e. The summed E-state index contributed by atoms with van der Waals surface area (Å²) >= 11 is 0. The first-order chi connectivity index (χ1) is 13.1. The number of hydrogen-bond donors (Lipinski definition) is 1. The number of furan rings is 1. The van der Waals surface area contributed by atoms with Gasteiger partial charge >= 0.3 is 0 Å². The molecule has 1 aromatic heterocycles. The number of nitriles is 2. The van der Waals surface area contributed by atoms with Crippen LogP contribution in [0.5, 0.6) is 0 Å². The third-order valence-corrected chi connectivity index (χ3v) is 3.89. The maximum absolute atomic E-state index is 12.3. The van der Waals surface area contributed by atoms with E-state index in [2.05, 4.69) is 11.4 Å². The van der Waals surface area contributed by atoms with Crippen LogP contribution in [0.1, 0.15) is 16.9 Å². The second-order valence-electron chi connectivity index (χ2n) is 5.88. The fraction of sp³-hybridized carbons (Fsp3) is 0.0455. The molecule has 1 amide bonds. The summed E-state index contributed by atoms with van der Waals surface area (Å²) in [5, 5.41) is 20.9. The predicted molar refractivity (Wildman–Crippen MR) is 102 cm³/mol. The maximum atomic E-state index is 12.3. The van der Waals surface area contributed by atoms with Crippen molar-refractivity contribution in [1.29, 1.82) is 10.5 Å². The van der Waals surface area contributed by atoms with Crippen molar-refractivity contribution in [1.82, 2.24) is 0 Å². The number of carbonyl (C=O) groups is 1. The second-order valence-corrected chi connectivity index (χ2v) is 5.88. The van der Waals surface area contributed by atoms with Gasteiger partial charge in [0.15, 0.2) is 0 Å². The van der Waals surface area contributed by atoms with Gasteiger partial charge in [0.05, 0.1) is 11.6 Å². The molecule has 0 atom stereocenters. The Kier molecular flexibility index (Phi) is 5.16. The van der Waals surface area contributed by atoms with Gasteiger partial charge in [0.1, 0.15) is 23.2 Å². The summed E-state index contributed by atoms with van der Waals surface area (Å²) in [5.74, 6) is 0.476. The third kappa shape index (κ3) is 4.31. The van der Waals surface area contributed by atoms with Gasteiger partial charge in [-0.25, -0.2) is 0 Å². The molecule has 1 N–H and O–H groups in total. The molecule has 0 fully saturated rings. The number of hydrogen-bond acceptors (Lipinski definition) is 4. The zero-order chi connectivity index (χ0) is 19.2. The van der Waals surface area contributed by atoms with Crippen LogP contribution in [0.2, 0.25) is 0 Å². The summed E-state index contributed by atoms with van der Waals surface area (Å²) in [6, 6.07) is 21.6. The zero-order valence-corrected chi connectivity index (χ0v) is 14.6. The van der Waals surface area contributed by atoms with Crippen LogP contribution in [-0.4, -0.2) is 5.91 Å². The van der Waals surface area contributed by atoms with Crippen molar-refractivity contribution in [2.75, 3.05) is 5.32 Å². The average Bonchev–Trinajstić information content (AvgIpc) is 3.16. The van der Waals surface area contributed by atoms with Crippen molar-refractivity contribution in [3.8, 4) is 23.5 Å². The Morgan fingerprint density at radius 1 is 1.00 bits per heavy atom. The van der Waals surface area contributed by atoms with Crippen molar-refractivity contribution < 1.29 is 9.21 Å². The molecule has 130 valence electrons. The van der Waals surface area contributed by atoms with Crippen LogP contribution in [0, 0.1) is 29.6 Å². The van der Waals surface area contributed by atoms with Crippen LogP contribution in [0.3, 0.4) is 0 Å². The molecule has 0 spiro atoms. The largest absolute Gasteiger partial charge is 0.457 e. The van der Waals surface area contributed by atoms with E-state index in [4.69, 9.17) is 9.68 Å². The third-order valence-electron chi connectivity index (χ3n) is 3.89. The molecule has 3 aromatic rings. The van der Waals surface area contributed by atoms with Gasteiger partial charge < -0.3 is 9.73 Å². The zero-order valence-electron chi connectivity index (χ0n) is 14.6. The summed E-state index contributed by atoms with van der Waals surface area (Å²) < 4.78 is 5.70. The molecule has 1 heterocycles. The highest BCUT2D eigenvalue weighted by Gasteiger charge is 2.11. The fourth-order valence-corrected chi connectivity index (χ4v) is 2.42. The minimum absolute atomic E-state index is 0.0590. The summed E-state index contributed by atoms with van der Waals surface area (Å²) in [4.78, 5) is 12.3. The standard InChI is InChI=1S/C22H15N3O2/c1-15-2-8-19(9-3-15)25-22(26)18(14-24)12-20-10-11-21(27-20)17-6-4-16(13-23)5-7-17/h2-12H,1H3,(H,25,26)/b18-12-. The first-order valence-electron chi connectivity index (χ1n) is 8.19.